The van der Waals surface area contributed by atoms with Crippen LogP contribution >= 0.6 is 24.8 Å². The molecule has 0 saturated heterocycles. The molecule has 0 saturated carbocycles. The summed E-state index contributed by atoms with van der Waals surface area (Å²) in [5.41, 5.74) is 11.1. The summed E-state index contributed by atoms with van der Waals surface area (Å²) in [5.74, 6) is 0. The molecule has 0 aliphatic rings. The second-order valence-electron chi connectivity index (χ2n) is 13.3. The summed E-state index contributed by atoms with van der Waals surface area (Å²) in [6.07, 6.45) is 0. The Morgan fingerprint density at radius 1 is 0.500 bits per heavy atom. The molecule has 0 aromatic heterocycles. The fourth-order valence-corrected chi connectivity index (χ4v) is 5.57. The van der Waals surface area contributed by atoms with Crippen molar-refractivity contribution in [1.82, 2.24) is 0 Å². The van der Waals surface area contributed by atoms with Gasteiger partial charge in [-0.25, -0.2) is 0 Å². The van der Waals surface area contributed by atoms with Gasteiger partial charge in [0.25, 0.3) is 0 Å². The van der Waals surface area contributed by atoms with Gasteiger partial charge in [0, 0.05) is 0 Å². The Bertz CT molecular complexity index is 1640. The van der Waals surface area contributed by atoms with E-state index in [2.05, 4.69) is 169 Å². The van der Waals surface area contributed by atoms with Crippen LogP contribution in [0.4, 0.5) is 0 Å². The fraction of sp³-hybridized carbons (Fsp3) is 0.244. The number of rotatable bonds is 2. The van der Waals surface area contributed by atoms with E-state index >= 15 is 0 Å². The molecule has 228 valence electrons. The molecule has 0 aliphatic carbocycles. The van der Waals surface area contributed by atoms with Crippen LogP contribution in [-0.4, -0.2) is 4.21 Å². The second-order valence-corrected chi connectivity index (χ2v) is 13.3. The molecular weight excluding hydrogens is 655 g/mol. The maximum atomic E-state index is 3.34. The van der Waals surface area contributed by atoms with Crippen molar-refractivity contribution in [3.05, 3.63) is 131 Å². The van der Waals surface area contributed by atoms with E-state index < -0.39 is 0 Å². The van der Waals surface area contributed by atoms with Gasteiger partial charge in [0.1, 0.15) is 0 Å². The van der Waals surface area contributed by atoms with Gasteiger partial charge in [0.2, 0.25) is 0 Å². The SMILES string of the molecule is Cc1cc2c(-c3ccc(C(C)(C)C)cc3)cccc2[cH-]1.Cc1cc2c(-c3ccc(C(C)(C)C)cc3)cccc2[cH-]1.Cl.Cl.[CH2]=[Zr+2]. The number of hydrogen-bond donors (Lipinski definition) is 0. The third-order valence-corrected chi connectivity index (χ3v) is 7.91. The molecule has 44 heavy (non-hydrogen) atoms. The maximum absolute atomic E-state index is 3.34. The van der Waals surface area contributed by atoms with Gasteiger partial charge >= 0.3 is 28.4 Å². The summed E-state index contributed by atoms with van der Waals surface area (Å²) in [6, 6.07) is 40.2. The molecular formula is C41H46Cl2Zr. The molecule has 0 unspecified atom stereocenters. The van der Waals surface area contributed by atoms with Crippen molar-refractivity contribution in [2.24, 2.45) is 0 Å². The summed E-state index contributed by atoms with van der Waals surface area (Å²) in [7, 11) is 0. The van der Waals surface area contributed by atoms with Crippen molar-refractivity contribution in [3.8, 4) is 22.3 Å². The van der Waals surface area contributed by atoms with Gasteiger partial charge in [-0.15, -0.1) is 93.9 Å². The van der Waals surface area contributed by atoms with E-state index in [0.29, 0.717) is 0 Å². The van der Waals surface area contributed by atoms with Gasteiger partial charge < -0.3 is 0 Å². The molecule has 0 aliphatic heterocycles. The second kappa shape index (κ2) is 15.6. The molecule has 0 radical (unpaired) electrons. The van der Waals surface area contributed by atoms with E-state index in [1.807, 2.05) is 0 Å². The van der Waals surface area contributed by atoms with Crippen LogP contribution in [0.1, 0.15) is 63.8 Å². The average molecular weight is 701 g/mol. The zero-order chi connectivity index (χ0) is 30.7. The Balaban J connectivity index is 0.000000279. The number of benzene rings is 4. The molecule has 0 bridgehead atoms. The van der Waals surface area contributed by atoms with Crippen LogP contribution in [0, 0.1) is 13.8 Å². The third-order valence-electron chi connectivity index (χ3n) is 7.91. The zero-order valence-electron chi connectivity index (χ0n) is 27.4. The van der Waals surface area contributed by atoms with Crippen molar-refractivity contribution >= 4 is 50.6 Å². The van der Waals surface area contributed by atoms with Gasteiger partial charge in [-0.2, -0.15) is 12.1 Å². The minimum absolute atomic E-state index is 0. The van der Waals surface area contributed by atoms with Gasteiger partial charge in [0.15, 0.2) is 0 Å². The molecule has 0 fully saturated rings. The van der Waals surface area contributed by atoms with Crippen LogP contribution < -0.4 is 0 Å². The van der Waals surface area contributed by atoms with Crippen LogP contribution in [0.2, 0.25) is 0 Å². The number of halogens is 2. The van der Waals surface area contributed by atoms with Crippen LogP contribution in [0.15, 0.2) is 109 Å². The first-order valence-electron chi connectivity index (χ1n) is 14.8. The quantitative estimate of drug-likeness (QED) is 0.158. The van der Waals surface area contributed by atoms with Gasteiger partial charge in [-0.3, -0.25) is 0 Å². The molecule has 0 amide bonds. The van der Waals surface area contributed by atoms with Gasteiger partial charge in [-0.1, -0.05) is 127 Å². The van der Waals surface area contributed by atoms with Crippen molar-refractivity contribution in [2.75, 3.05) is 0 Å². The molecule has 0 N–H and O–H groups in total. The molecule has 0 spiro atoms. The normalized spacial score (nSPS) is 11.0. The van der Waals surface area contributed by atoms with Crippen molar-refractivity contribution in [2.45, 2.75) is 66.2 Å². The Kier molecular flexibility index (Phi) is 13.4. The predicted octanol–water partition coefficient (Wildman–Crippen LogP) is 12.5. The molecule has 0 heterocycles. The molecule has 6 aromatic rings. The standard InChI is InChI=1S/2C20H21.CH2.2ClH.Zr/c2*1-14-12-16-6-5-7-18(19(16)13-14)15-8-10-17(11-9-15)20(2,3)4;;;;/h2*5-13H,1-4H3;1H2;2*1H;/q2*-1;;;;+2. The third kappa shape index (κ3) is 8.78. The minimum atomic E-state index is 0. The van der Waals surface area contributed by atoms with Crippen LogP contribution in [0.25, 0.3) is 43.8 Å². The van der Waals surface area contributed by atoms with E-state index in [0.717, 1.165) is 0 Å². The van der Waals surface area contributed by atoms with Crippen LogP contribution in [0.3, 0.4) is 0 Å². The Morgan fingerprint density at radius 2 is 0.818 bits per heavy atom. The predicted molar refractivity (Wildman–Crippen MR) is 198 cm³/mol. The van der Waals surface area contributed by atoms with Gasteiger partial charge in [-0.05, 0) is 33.1 Å². The first kappa shape index (κ1) is 37.6. The van der Waals surface area contributed by atoms with Crippen molar-refractivity contribution in [3.63, 3.8) is 0 Å². The van der Waals surface area contributed by atoms with E-state index in [-0.39, 0.29) is 35.6 Å². The van der Waals surface area contributed by atoms with Crippen molar-refractivity contribution in [1.29, 1.82) is 0 Å². The average Bonchev–Trinajstić information content (AvgIpc) is 3.54. The first-order chi connectivity index (χ1) is 19.9. The monoisotopic (exact) mass is 698 g/mol. The summed E-state index contributed by atoms with van der Waals surface area (Å²) < 4.78 is 3.34. The molecule has 3 heteroatoms. The van der Waals surface area contributed by atoms with E-state index in [1.54, 1.807) is 0 Å². The molecule has 0 atom stereocenters. The van der Waals surface area contributed by atoms with E-state index in [9.17, 15) is 0 Å². The Labute approximate surface area is 292 Å². The van der Waals surface area contributed by atoms with E-state index in [1.165, 1.54) is 90.3 Å². The van der Waals surface area contributed by atoms with Gasteiger partial charge in [0.05, 0.1) is 0 Å². The fourth-order valence-electron chi connectivity index (χ4n) is 5.57. The molecule has 6 rings (SSSR count). The molecule has 0 nitrogen and oxygen atoms in total. The van der Waals surface area contributed by atoms with Crippen LogP contribution in [-0.2, 0) is 35.1 Å². The number of aryl methyl sites for hydroxylation is 2. The zero-order valence-corrected chi connectivity index (χ0v) is 31.5. The Morgan fingerprint density at radius 3 is 1.11 bits per heavy atom. The summed E-state index contributed by atoms with van der Waals surface area (Å²) >= 11 is 1.30. The summed E-state index contributed by atoms with van der Waals surface area (Å²) in [5, 5.41) is 5.38. The first-order valence-corrected chi connectivity index (χ1v) is 16.5. The molecule has 6 aromatic carbocycles. The topological polar surface area (TPSA) is 0 Å². The number of fused-ring (bicyclic) bond motifs is 2. The van der Waals surface area contributed by atoms with Crippen molar-refractivity contribution < 1.29 is 24.2 Å². The Hall–Kier alpha value is -2.57. The van der Waals surface area contributed by atoms with Crippen LogP contribution in [0.5, 0.6) is 0 Å². The van der Waals surface area contributed by atoms with E-state index in [4.69, 9.17) is 0 Å². The summed E-state index contributed by atoms with van der Waals surface area (Å²) in [6.45, 7) is 17.8. The number of hydrogen-bond acceptors (Lipinski definition) is 0. The summed E-state index contributed by atoms with van der Waals surface area (Å²) in [4.78, 5) is 0.